The van der Waals surface area contributed by atoms with Gasteiger partial charge in [-0.15, -0.1) is 0 Å². The van der Waals surface area contributed by atoms with Crippen LogP contribution in [0.5, 0.6) is 0 Å². The Morgan fingerprint density at radius 3 is 2.73 bits per heavy atom. The summed E-state index contributed by atoms with van der Waals surface area (Å²) in [5.74, 6) is -1.19. The number of hydrogen-bond donors (Lipinski definition) is 1. The number of ether oxygens (including phenoxy) is 2. The molecule has 1 aromatic heterocycles. The molecule has 1 saturated heterocycles. The molecule has 1 aromatic carbocycles. The van der Waals surface area contributed by atoms with Crippen LogP contribution >= 0.6 is 0 Å². The highest BCUT2D eigenvalue weighted by molar-refractivity contribution is 5.94. The van der Waals surface area contributed by atoms with Gasteiger partial charge < -0.3 is 19.4 Å². The number of amides is 1. The summed E-state index contributed by atoms with van der Waals surface area (Å²) < 4.78 is 10.1. The van der Waals surface area contributed by atoms with E-state index < -0.39 is 5.97 Å². The lowest BCUT2D eigenvalue weighted by molar-refractivity contribution is -0.151. The van der Waals surface area contributed by atoms with Gasteiger partial charge in [0.1, 0.15) is 0 Å². The molecule has 0 saturated carbocycles. The van der Waals surface area contributed by atoms with Gasteiger partial charge in [0.25, 0.3) is 5.91 Å². The molecule has 2 heterocycles. The molecule has 138 valence electrons. The SMILES string of the molecule is CCOC(=O)C1CCN(C(=O)COC(=O)c2ccc3nc[nH]c3c2)CC1. The fraction of sp³-hybridized carbons (Fsp3) is 0.444. The van der Waals surface area contributed by atoms with Crippen molar-refractivity contribution in [2.45, 2.75) is 19.8 Å². The van der Waals surface area contributed by atoms with Gasteiger partial charge in [0.05, 0.1) is 35.4 Å². The van der Waals surface area contributed by atoms with Crippen molar-refractivity contribution < 1.29 is 23.9 Å². The third-order valence-corrected chi connectivity index (χ3v) is 4.45. The summed E-state index contributed by atoms with van der Waals surface area (Å²) >= 11 is 0. The van der Waals surface area contributed by atoms with Gasteiger partial charge in [-0.05, 0) is 38.0 Å². The number of imidazole rings is 1. The molecule has 8 nitrogen and oxygen atoms in total. The molecule has 1 N–H and O–H groups in total. The zero-order valence-electron chi connectivity index (χ0n) is 14.6. The van der Waals surface area contributed by atoms with Crippen LogP contribution in [0.25, 0.3) is 11.0 Å². The van der Waals surface area contributed by atoms with Crippen molar-refractivity contribution in [1.29, 1.82) is 0 Å². The van der Waals surface area contributed by atoms with Crippen LogP contribution in [0.3, 0.4) is 0 Å². The minimum Gasteiger partial charge on any atom is -0.466 e. The zero-order valence-corrected chi connectivity index (χ0v) is 14.6. The Kier molecular flexibility index (Phi) is 5.50. The Labute approximate surface area is 150 Å². The molecule has 0 bridgehead atoms. The van der Waals surface area contributed by atoms with E-state index in [9.17, 15) is 14.4 Å². The summed E-state index contributed by atoms with van der Waals surface area (Å²) in [6.07, 6.45) is 2.67. The summed E-state index contributed by atoms with van der Waals surface area (Å²) in [5, 5.41) is 0. The Bertz CT molecular complexity index is 808. The molecule has 26 heavy (non-hydrogen) atoms. The van der Waals surface area contributed by atoms with Crippen molar-refractivity contribution in [2.24, 2.45) is 5.92 Å². The fourth-order valence-corrected chi connectivity index (χ4v) is 2.99. The highest BCUT2D eigenvalue weighted by Crippen LogP contribution is 2.19. The summed E-state index contributed by atoms with van der Waals surface area (Å²) in [6.45, 7) is 2.73. The third-order valence-electron chi connectivity index (χ3n) is 4.45. The predicted octanol–water partition coefficient (Wildman–Crippen LogP) is 1.52. The molecule has 0 unspecified atom stereocenters. The molecule has 1 fully saturated rings. The Morgan fingerprint density at radius 1 is 1.23 bits per heavy atom. The summed E-state index contributed by atoms with van der Waals surface area (Å²) in [6, 6.07) is 4.96. The lowest BCUT2D eigenvalue weighted by Crippen LogP contribution is -2.42. The number of aromatic amines is 1. The largest absolute Gasteiger partial charge is 0.466 e. The van der Waals surface area contributed by atoms with Crippen LogP contribution in [0.1, 0.15) is 30.1 Å². The number of benzene rings is 1. The van der Waals surface area contributed by atoms with E-state index in [1.54, 1.807) is 36.4 Å². The topological polar surface area (TPSA) is 102 Å². The van der Waals surface area contributed by atoms with Crippen molar-refractivity contribution in [1.82, 2.24) is 14.9 Å². The molecule has 0 atom stereocenters. The molecule has 3 rings (SSSR count). The summed E-state index contributed by atoms with van der Waals surface area (Å²) in [4.78, 5) is 44.7. The lowest BCUT2D eigenvalue weighted by atomic mass is 9.97. The first-order valence-corrected chi connectivity index (χ1v) is 8.63. The van der Waals surface area contributed by atoms with E-state index in [1.165, 1.54) is 0 Å². The van der Waals surface area contributed by atoms with E-state index >= 15 is 0 Å². The van der Waals surface area contributed by atoms with Crippen LogP contribution in [0, 0.1) is 5.92 Å². The predicted molar refractivity (Wildman–Crippen MR) is 92.3 cm³/mol. The minimum absolute atomic E-state index is 0.164. The maximum absolute atomic E-state index is 12.2. The van der Waals surface area contributed by atoms with Crippen LogP contribution in [-0.2, 0) is 19.1 Å². The maximum Gasteiger partial charge on any atom is 0.338 e. The quantitative estimate of drug-likeness (QED) is 0.812. The van der Waals surface area contributed by atoms with Gasteiger partial charge in [-0.3, -0.25) is 9.59 Å². The molecule has 8 heteroatoms. The third kappa shape index (κ3) is 4.01. The standard InChI is InChI=1S/C18H21N3O5/c1-2-25-17(23)12-5-7-21(8-6-12)16(22)10-26-18(24)13-3-4-14-15(9-13)20-11-19-14/h3-4,9,11-12H,2,5-8,10H2,1H3,(H,19,20). The second-order valence-corrected chi connectivity index (χ2v) is 6.12. The van der Waals surface area contributed by atoms with Crippen molar-refractivity contribution in [3.63, 3.8) is 0 Å². The van der Waals surface area contributed by atoms with Gasteiger partial charge in [-0.1, -0.05) is 0 Å². The summed E-state index contributed by atoms with van der Waals surface area (Å²) in [5.41, 5.74) is 1.84. The van der Waals surface area contributed by atoms with Crippen molar-refractivity contribution in [2.75, 3.05) is 26.3 Å². The van der Waals surface area contributed by atoms with Crippen LogP contribution in [-0.4, -0.2) is 59.0 Å². The number of nitrogens with one attached hydrogen (secondary N) is 1. The fourth-order valence-electron chi connectivity index (χ4n) is 2.99. The molecule has 1 aliphatic rings. The van der Waals surface area contributed by atoms with Crippen molar-refractivity contribution in [3.05, 3.63) is 30.1 Å². The van der Waals surface area contributed by atoms with Gasteiger partial charge in [0, 0.05) is 13.1 Å². The number of hydrogen-bond acceptors (Lipinski definition) is 6. The first kappa shape index (κ1) is 17.9. The van der Waals surface area contributed by atoms with Crippen LogP contribution < -0.4 is 0 Å². The molecule has 0 radical (unpaired) electrons. The number of carbonyl (C=O) groups excluding carboxylic acids is 3. The zero-order chi connectivity index (χ0) is 18.5. The molecule has 2 aromatic rings. The number of rotatable bonds is 5. The number of piperidine rings is 1. The van der Waals surface area contributed by atoms with E-state index in [0.29, 0.717) is 38.1 Å². The highest BCUT2D eigenvalue weighted by atomic mass is 16.5. The number of H-pyrrole nitrogens is 1. The van der Waals surface area contributed by atoms with E-state index in [2.05, 4.69) is 9.97 Å². The minimum atomic E-state index is -0.559. The lowest BCUT2D eigenvalue weighted by Gasteiger charge is -2.30. The van der Waals surface area contributed by atoms with Crippen LogP contribution in [0.4, 0.5) is 0 Å². The molecule has 0 aliphatic carbocycles. The van der Waals surface area contributed by atoms with Crippen molar-refractivity contribution in [3.8, 4) is 0 Å². The molecule has 1 aliphatic heterocycles. The normalized spacial score (nSPS) is 15.0. The maximum atomic E-state index is 12.2. The summed E-state index contributed by atoms with van der Waals surface area (Å²) in [7, 11) is 0. The molecule has 0 spiro atoms. The first-order chi connectivity index (χ1) is 12.6. The van der Waals surface area contributed by atoms with E-state index in [4.69, 9.17) is 9.47 Å². The second-order valence-electron chi connectivity index (χ2n) is 6.12. The Balaban J connectivity index is 1.48. The average molecular weight is 359 g/mol. The van der Waals surface area contributed by atoms with E-state index in [1.807, 2.05) is 0 Å². The van der Waals surface area contributed by atoms with Gasteiger partial charge in [0.2, 0.25) is 0 Å². The number of fused-ring (bicyclic) bond motifs is 1. The van der Waals surface area contributed by atoms with Crippen molar-refractivity contribution >= 4 is 28.9 Å². The highest BCUT2D eigenvalue weighted by Gasteiger charge is 2.28. The van der Waals surface area contributed by atoms with Crippen LogP contribution in [0.2, 0.25) is 0 Å². The monoisotopic (exact) mass is 359 g/mol. The molecular formula is C18H21N3O5. The number of aromatic nitrogens is 2. The van der Waals surface area contributed by atoms with E-state index in [0.717, 1.165) is 11.0 Å². The van der Waals surface area contributed by atoms with Gasteiger partial charge in [-0.2, -0.15) is 0 Å². The van der Waals surface area contributed by atoms with Gasteiger partial charge in [-0.25, -0.2) is 9.78 Å². The van der Waals surface area contributed by atoms with Gasteiger partial charge >= 0.3 is 11.9 Å². The Hall–Kier alpha value is -2.90. The molecular weight excluding hydrogens is 338 g/mol. The number of carbonyl (C=O) groups is 3. The molecule has 1 amide bonds. The smallest absolute Gasteiger partial charge is 0.338 e. The average Bonchev–Trinajstić information content (AvgIpc) is 3.14. The first-order valence-electron chi connectivity index (χ1n) is 8.63. The number of nitrogens with zero attached hydrogens (tertiary/aromatic N) is 2. The number of likely N-dealkylation sites (tertiary alicyclic amines) is 1. The van der Waals surface area contributed by atoms with E-state index in [-0.39, 0.29) is 24.4 Å². The second kappa shape index (κ2) is 7.99. The van der Waals surface area contributed by atoms with Gasteiger partial charge in [0.15, 0.2) is 6.61 Å². The number of esters is 2. The Morgan fingerprint density at radius 2 is 2.00 bits per heavy atom. The van der Waals surface area contributed by atoms with Crippen LogP contribution in [0.15, 0.2) is 24.5 Å².